The Hall–Kier alpha value is -1.31. The number of amides is 1. The molecule has 22 heavy (non-hydrogen) atoms. The quantitative estimate of drug-likeness (QED) is 0.443. The Labute approximate surface area is 142 Å². The Morgan fingerprint density at radius 1 is 1.36 bits per heavy atom. The fourth-order valence-corrected chi connectivity index (χ4v) is 3.87. The maximum Gasteiger partial charge on any atom is 0.236 e. The lowest BCUT2D eigenvalue weighted by molar-refractivity contribution is -0.113. The first-order chi connectivity index (χ1) is 10.7. The third-order valence-corrected chi connectivity index (χ3v) is 5.57. The highest BCUT2D eigenvalue weighted by atomic mass is 32.2. The first-order valence-electron chi connectivity index (χ1n) is 6.67. The summed E-state index contributed by atoms with van der Waals surface area (Å²) in [7, 11) is 0. The third kappa shape index (κ3) is 5.82. The lowest BCUT2D eigenvalue weighted by atomic mass is 10.2. The van der Waals surface area contributed by atoms with Crippen LogP contribution in [0.4, 0.5) is 5.13 Å². The van der Waals surface area contributed by atoms with Gasteiger partial charge in [-0.15, -0.1) is 28.5 Å². The summed E-state index contributed by atoms with van der Waals surface area (Å²) in [6.45, 7) is 5.72. The number of aromatic nitrogens is 2. The lowest BCUT2D eigenvalue weighted by Gasteiger charge is -2.02. The van der Waals surface area contributed by atoms with Crippen molar-refractivity contribution < 1.29 is 4.79 Å². The molecule has 0 aliphatic heterocycles. The van der Waals surface area contributed by atoms with Crippen molar-refractivity contribution in [2.45, 2.75) is 17.0 Å². The molecule has 0 spiro atoms. The van der Waals surface area contributed by atoms with Gasteiger partial charge in [0.15, 0.2) is 4.34 Å². The van der Waals surface area contributed by atoms with Gasteiger partial charge in [0.2, 0.25) is 11.0 Å². The number of anilines is 1. The molecule has 1 aromatic carbocycles. The van der Waals surface area contributed by atoms with Gasteiger partial charge >= 0.3 is 0 Å². The van der Waals surface area contributed by atoms with Crippen LogP contribution in [0, 0.1) is 6.92 Å². The predicted molar refractivity (Wildman–Crippen MR) is 96.8 cm³/mol. The van der Waals surface area contributed by atoms with Crippen LogP contribution in [0.15, 0.2) is 41.3 Å². The number of benzene rings is 1. The molecule has 0 fully saturated rings. The van der Waals surface area contributed by atoms with Crippen molar-refractivity contribution in [2.24, 2.45) is 0 Å². The van der Waals surface area contributed by atoms with Crippen LogP contribution in [0.2, 0.25) is 0 Å². The molecule has 116 valence electrons. The van der Waals surface area contributed by atoms with Gasteiger partial charge in [0.25, 0.3) is 0 Å². The molecule has 0 saturated carbocycles. The van der Waals surface area contributed by atoms with E-state index in [-0.39, 0.29) is 5.91 Å². The molecule has 0 unspecified atom stereocenters. The maximum absolute atomic E-state index is 11.9. The van der Waals surface area contributed by atoms with Crippen molar-refractivity contribution in [1.29, 1.82) is 0 Å². The molecule has 0 radical (unpaired) electrons. The first-order valence-corrected chi connectivity index (χ1v) is 9.63. The van der Waals surface area contributed by atoms with E-state index in [9.17, 15) is 4.79 Å². The van der Waals surface area contributed by atoms with E-state index in [1.54, 1.807) is 23.5 Å². The van der Waals surface area contributed by atoms with E-state index < -0.39 is 0 Å². The standard InChI is InChI=1S/C15H17N3OS3/c1-3-8-21-15-18-17-14(22-15)16-13(19)10-20-9-12-6-4-11(2)5-7-12/h3-7H,1,8-10H2,2H3,(H,16,17,19). The summed E-state index contributed by atoms with van der Waals surface area (Å²) < 4.78 is 0.836. The van der Waals surface area contributed by atoms with E-state index in [0.717, 1.165) is 15.8 Å². The highest BCUT2D eigenvalue weighted by molar-refractivity contribution is 8.01. The van der Waals surface area contributed by atoms with Crippen molar-refractivity contribution in [3.8, 4) is 0 Å². The Balaban J connectivity index is 1.72. The molecule has 0 bridgehead atoms. The molecule has 4 nitrogen and oxygen atoms in total. The van der Waals surface area contributed by atoms with Crippen LogP contribution in [0.5, 0.6) is 0 Å². The molecule has 0 saturated heterocycles. The summed E-state index contributed by atoms with van der Waals surface area (Å²) in [6, 6.07) is 8.35. The van der Waals surface area contributed by atoms with Crippen molar-refractivity contribution >= 4 is 45.9 Å². The summed E-state index contributed by atoms with van der Waals surface area (Å²) in [5.41, 5.74) is 2.47. The topological polar surface area (TPSA) is 54.9 Å². The molecule has 0 aliphatic carbocycles. The molecular weight excluding hydrogens is 334 g/mol. The van der Waals surface area contributed by atoms with E-state index in [4.69, 9.17) is 0 Å². The van der Waals surface area contributed by atoms with Gasteiger partial charge in [-0.2, -0.15) is 0 Å². The Kier molecular flexibility index (Phi) is 6.95. The highest BCUT2D eigenvalue weighted by Gasteiger charge is 2.08. The minimum atomic E-state index is -0.0477. The minimum Gasteiger partial charge on any atom is -0.300 e. The van der Waals surface area contributed by atoms with Crippen molar-refractivity contribution in [3.05, 3.63) is 48.0 Å². The van der Waals surface area contributed by atoms with E-state index >= 15 is 0 Å². The van der Waals surface area contributed by atoms with E-state index in [1.807, 2.05) is 6.08 Å². The molecule has 1 amide bonds. The van der Waals surface area contributed by atoms with Crippen molar-refractivity contribution in [1.82, 2.24) is 10.2 Å². The summed E-state index contributed by atoms with van der Waals surface area (Å²) >= 11 is 4.53. The number of hydrogen-bond acceptors (Lipinski definition) is 6. The Bertz CT molecular complexity index is 625. The smallest absolute Gasteiger partial charge is 0.236 e. The van der Waals surface area contributed by atoms with Crippen LogP contribution in [0.1, 0.15) is 11.1 Å². The van der Waals surface area contributed by atoms with Gasteiger partial charge in [0.05, 0.1) is 5.75 Å². The number of carbonyl (C=O) groups is 1. The van der Waals surface area contributed by atoms with Crippen molar-refractivity contribution in [2.75, 3.05) is 16.8 Å². The molecule has 1 aromatic heterocycles. The fraction of sp³-hybridized carbons (Fsp3) is 0.267. The molecule has 1 N–H and O–H groups in total. The normalized spacial score (nSPS) is 10.4. The average molecular weight is 352 g/mol. The number of carbonyl (C=O) groups excluding carboxylic acids is 1. The SMILES string of the molecule is C=CCSc1nnc(NC(=O)CSCc2ccc(C)cc2)s1. The molecule has 0 aliphatic rings. The van der Waals surface area contributed by atoms with Crippen LogP contribution in [-0.2, 0) is 10.5 Å². The molecule has 2 aromatic rings. The fourth-order valence-electron chi connectivity index (χ4n) is 1.55. The molecular formula is C15H17N3OS3. The van der Waals surface area contributed by atoms with Crippen LogP contribution in [0.3, 0.4) is 0 Å². The molecule has 1 heterocycles. The van der Waals surface area contributed by atoms with Gasteiger partial charge < -0.3 is 0 Å². The summed E-state index contributed by atoms with van der Waals surface area (Å²) in [5.74, 6) is 1.97. The van der Waals surface area contributed by atoms with Crippen molar-refractivity contribution in [3.63, 3.8) is 0 Å². The summed E-state index contributed by atoms with van der Waals surface area (Å²) in [5, 5.41) is 11.3. The maximum atomic E-state index is 11.9. The van der Waals surface area contributed by atoms with E-state index in [2.05, 4.69) is 53.3 Å². The van der Waals surface area contributed by atoms with E-state index in [1.165, 1.54) is 22.5 Å². The van der Waals surface area contributed by atoms with Gasteiger partial charge in [0.1, 0.15) is 0 Å². The van der Waals surface area contributed by atoms with Gasteiger partial charge in [-0.1, -0.05) is 59.0 Å². The monoisotopic (exact) mass is 351 g/mol. The second kappa shape index (κ2) is 8.97. The third-order valence-electron chi connectivity index (χ3n) is 2.60. The van der Waals surface area contributed by atoms with Gasteiger partial charge in [-0.25, -0.2) is 0 Å². The number of nitrogens with one attached hydrogen (secondary N) is 1. The number of aryl methyl sites for hydroxylation is 1. The Morgan fingerprint density at radius 3 is 2.86 bits per heavy atom. The largest absolute Gasteiger partial charge is 0.300 e. The number of thioether (sulfide) groups is 2. The van der Waals surface area contributed by atoms with Crippen LogP contribution in [-0.4, -0.2) is 27.6 Å². The van der Waals surface area contributed by atoms with Crippen LogP contribution >= 0.6 is 34.9 Å². The van der Waals surface area contributed by atoms with Gasteiger partial charge in [-0.05, 0) is 12.5 Å². The molecule has 0 atom stereocenters. The number of rotatable bonds is 8. The lowest BCUT2D eigenvalue weighted by Crippen LogP contribution is -2.13. The second-order valence-corrected chi connectivity index (χ2v) is 7.73. The molecule has 7 heteroatoms. The minimum absolute atomic E-state index is 0.0477. The number of hydrogen-bond donors (Lipinski definition) is 1. The average Bonchev–Trinajstić information content (AvgIpc) is 2.94. The summed E-state index contributed by atoms with van der Waals surface area (Å²) in [6.07, 6.45) is 1.81. The van der Waals surface area contributed by atoms with E-state index in [0.29, 0.717) is 10.9 Å². The molecule has 2 rings (SSSR count). The zero-order valence-electron chi connectivity index (χ0n) is 12.2. The summed E-state index contributed by atoms with van der Waals surface area (Å²) in [4.78, 5) is 11.9. The van der Waals surface area contributed by atoms with Gasteiger partial charge in [0, 0.05) is 11.5 Å². The first kappa shape index (κ1) is 17.1. The Morgan fingerprint density at radius 2 is 2.14 bits per heavy atom. The number of nitrogens with zero attached hydrogens (tertiary/aromatic N) is 2. The zero-order chi connectivity index (χ0) is 15.8. The zero-order valence-corrected chi connectivity index (χ0v) is 14.7. The highest BCUT2D eigenvalue weighted by Crippen LogP contribution is 2.25. The van der Waals surface area contributed by atoms with Crippen LogP contribution in [0.25, 0.3) is 0 Å². The second-order valence-electron chi connectivity index (χ2n) is 4.50. The van der Waals surface area contributed by atoms with Crippen LogP contribution < -0.4 is 5.32 Å². The van der Waals surface area contributed by atoms with Gasteiger partial charge in [-0.3, -0.25) is 10.1 Å². The predicted octanol–water partition coefficient (Wildman–Crippen LogP) is 4.00.